The van der Waals surface area contributed by atoms with Crippen LogP contribution in [0.1, 0.15) is 12.5 Å². The smallest absolute Gasteiger partial charge is 0.161 e. The van der Waals surface area contributed by atoms with Gasteiger partial charge in [-0.25, -0.2) is 0 Å². The fourth-order valence-corrected chi connectivity index (χ4v) is 1.70. The fraction of sp³-hybridized carbons (Fsp3) is 0.500. The van der Waals surface area contributed by atoms with E-state index < -0.39 is 0 Å². The Morgan fingerprint density at radius 2 is 2.00 bits per heavy atom. The Bertz CT molecular complexity index is 338. The van der Waals surface area contributed by atoms with Crippen molar-refractivity contribution in [3.8, 4) is 11.5 Å². The van der Waals surface area contributed by atoms with E-state index in [1.807, 2.05) is 6.07 Å². The van der Waals surface area contributed by atoms with Gasteiger partial charge in [-0.2, -0.15) is 0 Å². The molecular weight excluding hydrogens is 190 g/mol. The summed E-state index contributed by atoms with van der Waals surface area (Å²) in [4.78, 5) is 0. The van der Waals surface area contributed by atoms with Gasteiger partial charge in [0.1, 0.15) is 13.2 Å². The molecule has 3 nitrogen and oxygen atoms in total. The lowest BCUT2D eigenvalue weighted by Crippen LogP contribution is -2.16. The molecule has 0 spiro atoms. The van der Waals surface area contributed by atoms with Crippen molar-refractivity contribution in [2.75, 3.05) is 19.8 Å². The van der Waals surface area contributed by atoms with Crippen LogP contribution in [0, 0.1) is 5.92 Å². The van der Waals surface area contributed by atoms with Gasteiger partial charge in [0.05, 0.1) is 0 Å². The van der Waals surface area contributed by atoms with Gasteiger partial charge in [-0.3, -0.25) is 0 Å². The first-order valence-corrected chi connectivity index (χ1v) is 5.38. The zero-order valence-corrected chi connectivity index (χ0v) is 9.03. The summed E-state index contributed by atoms with van der Waals surface area (Å²) in [7, 11) is 0. The Balaban J connectivity index is 2.13. The molecule has 1 heterocycles. The summed E-state index contributed by atoms with van der Waals surface area (Å²) >= 11 is 0. The lowest BCUT2D eigenvalue weighted by atomic mass is 10.0. The number of benzene rings is 1. The van der Waals surface area contributed by atoms with Gasteiger partial charge in [-0.1, -0.05) is 13.0 Å². The molecule has 0 fully saturated rings. The molecule has 1 aromatic carbocycles. The summed E-state index contributed by atoms with van der Waals surface area (Å²) in [5.41, 5.74) is 6.86. The molecule has 2 N–H and O–H groups in total. The first-order valence-electron chi connectivity index (χ1n) is 5.38. The van der Waals surface area contributed by atoms with E-state index in [9.17, 15) is 0 Å². The summed E-state index contributed by atoms with van der Waals surface area (Å²) in [6, 6.07) is 6.12. The standard InChI is InChI=1S/C12H17NO2/c1-9(8-13)6-10-2-3-11-12(7-10)15-5-4-14-11/h2-3,7,9H,4-6,8,13H2,1H3/t9-/m0/s1. The van der Waals surface area contributed by atoms with Crippen molar-refractivity contribution in [3.63, 3.8) is 0 Å². The summed E-state index contributed by atoms with van der Waals surface area (Å²) in [5, 5.41) is 0. The van der Waals surface area contributed by atoms with Crippen molar-refractivity contribution >= 4 is 0 Å². The molecular formula is C12H17NO2. The highest BCUT2D eigenvalue weighted by Crippen LogP contribution is 2.31. The van der Waals surface area contributed by atoms with E-state index >= 15 is 0 Å². The van der Waals surface area contributed by atoms with E-state index in [2.05, 4.69) is 19.1 Å². The van der Waals surface area contributed by atoms with Gasteiger partial charge in [0, 0.05) is 0 Å². The molecule has 0 aromatic heterocycles. The predicted molar refractivity (Wildman–Crippen MR) is 59.4 cm³/mol. The van der Waals surface area contributed by atoms with Crippen molar-refractivity contribution in [3.05, 3.63) is 23.8 Å². The average molecular weight is 207 g/mol. The molecule has 1 aliphatic heterocycles. The maximum Gasteiger partial charge on any atom is 0.161 e. The van der Waals surface area contributed by atoms with Gasteiger partial charge in [0.25, 0.3) is 0 Å². The van der Waals surface area contributed by atoms with Crippen LogP contribution in [0.25, 0.3) is 0 Å². The molecule has 0 radical (unpaired) electrons. The second-order valence-electron chi connectivity index (χ2n) is 4.02. The second-order valence-corrected chi connectivity index (χ2v) is 4.02. The van der Waals surface area contributed by atoms with Crippen molar-refractivity contribution in [1.29, 1.82) is 0 Å². The molecule has 0 unspecified atom stereocenters. The minimum absolute atomic E-state index is 0.507. The third-order valence-corrected chi connectivity index (χ3v) is 2.59. The molecule has 1 atom stereocenters. The van der Waals surface area contributed by atoms with Crippen LogP contribution in [0.3, 0.4) is 0 Å². The Labute approximate surface area is 90.2 Å². The van der Waals surface area contributed by atoms with Crippen molar-refractivity contribution in [1.82, 2.24) is 0 Å². The topological polar surface area (TPSA) is 44.5 Å². The molecule has 0 saturated heterocycles. The van der Waals surface area contributed by atoms with E-state index in [0.717, 1.165) is 17.9 Å². The SMILES string of the molecule is C[C@H](CN)Cc1ccc2c(c1)OCCO2. The zero-order valence-electron chi connectivity index (χ0n) is 9.03. The van der Waals surface area contributed by atoms with Gasteiger partial charge < -0.3 is 15.2 Å². The molecule has 1 aromatic rings. The minimum Gasteiger partial charge on any atom is -0.486 e. The zero-order chi connectivity index (χ0) is 10.7. The Morgan fingerprint density at radius 3 is 2.73 bits per heavy atom. The Morgan fingerprint density at radius 1 is 1.27 bits per heavy atom. The van der Waals surface area contributed by atoms with Crippen molar-refractivity contribution in [2.45, 2.75) is 13.3 Å². The van der Waals surface area contributed by atoms with Crippen LogP contribution in [0.15, 0.2) is 18.2 Å². The largest absolute Gasteiger partial charge is 0.486 e. The van der Waals surface area contributed by atoms with Crippen LogP contribution in [0.2, 0.25) is 0 Å². The highest BCUT2D eigenvalue weighted by molar-refractivity contribution is 5.43. The highest BCUT2D eigenvalue weighted by atomic mass is 16.6. The molecule has 0 saturated carbocycles. The molecule has 15 heavy (non-hydrogen) atoms. The number of hydrogen-bond donors (Lipinski definition) is 1. The normalized spacial score (nSPS) is 16.1. The highest BCUT2D eigenvalue weighted by Gasteiger charge is 2.12. The van der Waals surface area contributed by atoms with E-state index in [4.69, 9.17) is 15.2 Å². The van der Waals surface area contributed by atoms with Crippen LogP contribution < -0.4 is 15.2 Å². The van der Waals surface area contributed by atoms with Crippen LogP contribution in [-0.2, 0) is 6.42 Å². The second kappa shape index (κ2) is 4.53. The van der Waals surface area contributed by atoms with E-state index in [0.29, 0.717) is 25.7 Å². The van der Waals surface area contributed by atoms with Crippen molar-refractivity contribution in [2.24, 2.45) is 11.7 Å². The van der Waals surface area contributed by atoms with Gasteiger partial charge >= 0.3 is 0 Å². The summed E-state index contributed by atoms with van der Waals surface area (Å²) in [5.74, 6) is 2.22. The lowest BCUT2D eigenvalue weighted by molar-refractivity contribution is 0.171. The van der Waals surface area contributed by atoms with Crippen LogP contribution in [-0.4, -0.2) is 19.8 Å². The number of nitrogens with two attached hydrogens (primary N) is 1. The Kier molecular flexibility index (Phi) is 3.11. The third kappa shape index (κ3) is 2.42. The Hall–Kier alpha value is -1.22. The molecule has 0 amide bonds. The van der Waals surface area contributed by atoms with E-state index in [1.165, 1.54) is 5.56 Å². The first kappa shape index (κ1) is 10.3. The van der Waals surface area contributed by atoms with Crippen LogP contribution in [0.5, 0.6) is 11.5 Å². The van der Waals surface area contributed by atoms with Gasteiger partial charge in [0.15, 0.2) is 11.5 Å². The molecule has 3 heteroatoms. The molecule has 0 aliphatic carbocycles. The molecule has 0 bridgehead atoms. The quantitative estimate of drug-likeness (QED) is 0.818. The average Bonchev–Trinajstić information content (AvgIpc) is 2.29. The fourth-order valence-electron chi connectivity index (χ4n) is 1.70. The summed E-state index contributed by atoms with van der Waals surface area (Å²) in [6.45, 7) is 4.15. The van der Waals surface area contributed by atoms with E-state index in [1.54, 1.807) is 0 Å². The maximum atomic E-state index is 5.60. The number of ether oxygens (including phenoxy) is 2. The number of rotatable bonds is 3. The summed E-state index contributed by atoms with van der Waals surface area (Å²) < 4.78 is 11.0. The van der Waals surface area contributed by atoms with Crippen LogP contribution in [0.4, 0.5) is 0 Å². The lowest BCUT2D eigenvalue weighted by Gasteiger charge is -2.19. The minimum atomic E-state index is 0.507. The molecule has 2 rings (SSSR count). The predicted octanol–water partition coefficient (Wildman–Crippen LogP) is 1.60. The van der Waals surface area contributed by atoms with Gasteiger partial charge in [-0.15, -0.1) is 0 Å². The molecule has 82 valence electrons. The van der Waals surface area contributed by atoms with Gasteiger partial charge in [-0.05, 0) is 36.6 Å². The maximum absolute atomic E-state index is 5.60. The van der Waals surface area contributed by atoms with E-state index in [-0.39, 0.29) is 0 Å². The summed E-state index contributed by atoms with van der Waals surface area (Å²) in [6.07, 6.45) is 0.993. The first-order chi connectivity index (χ1) is 7.29. The van der Waals surface area contributed by atoms with Gasteiger partial charge in [0.2, 0.25) is 0 Å². The van der Waals surface area contributed by atoms with Crippen LogP contribution >= 0.6 is 0 Å². The molecule has 1 aliphatic rings. The van der Waals surface area contributed by atoms with Crippen molar-refractivity contribution < 1.29 is 9.47 Å². The third-order valence-electron chi connectivity index (χ3n) is 2.59. The monoisotopic (exact) mass is 207 g/mol. The number of hydrogen-bond acceptors (Lipinski definition) is 3. The number of fused-ring (bicyclic) bond motifs is 1.